The van der Waals surface area contributed by atoms with E-state index >= 15 is 0 Å². The summed E-state index contributed by atoms with van der Waals surface area (Å²) in [6.07, 6.45) is 0. The van der Waals surface area contributed by atoms with Gasteiger partial charge in [0.2, 0.25) is 0 Å². The van der Waals surface area contributed by atoms with Crippen LogP contribution in [0.25, 0.3) is 107 Å². The van der Waals surface area contributed by atoms with Gasteiger partial charge in [0.15, 0.2) is 17.5 Å². The Hall–Kier alpha value is -8.49. The average Bonchev–Trinajstić information content (AvgIpc) is 3.68. The molecule has 0 aliphatic carbocycles. The number of aromatic nitrogens is 8. The quantitative estimate of drug-likeness (QED) is 0.151. The van der Waals surface area contributed by atoms with Gasteiger partial charge in [-0.15, -0.1) is 0 Å². The lowest BCUT2D eigenvalue weighted by molar-refractivity contribution is 0.928. The molecule has 0 atom stereocenters. The molecule has 298 valence electrons. The van der Waals surface area contributed by atoms with Crippen molar-refractivity contribution in [2.45, 2.75) is 13.8 Å². The summed E-state index contributed by atoms with van der Waals surface area (Å²) >= 11 is 0. The molecule has 0 spiro atoms. The van der Waals surface area contributed by atoms with Crippen LogP contribution in [-0.2, 0) is 0 Å². The molecule has 0 amide bonds. The number of benzene rings is 7. The molecule has 4 aromatic heterocycles. The topological polar surface area (TPSA) is 95.2 Å². The number of aryl methyl sites for hydroxylation is 2. The molecule has 11 rings (SSSR count). The molecular weight excluding hydrogens is 773 g/mol. The number of fused-ring (bicyclic) bond motifs is 3. The monoisotopic (exact) mass is 810 g/mol. The third kappa shape index (κ3) is 7.19. The molecule has 4 heterocycles. The van der Waals surface area contributed by atoms with Gasteiger partial charge in [-0.25, -0.2) is 34.9 Å². The molecule has 0 saturated heterocycles. The average molecular weight is 811 g/mol. The maximum atomic E-state index is 5.40. The Labute approximate surface area is 364 Å². The zero-order valence-corrected chi connectivity index (χ0v) is 34.6. The molecule has 11 aromatic rings. The van der Waals surface area contributed by atoms with Crippen LogP contribution < -0.4 is 0 Å². The van der Waals surface area contributed by atoms with Crippen LogP contribution in [0.1, 0.15) is 11.6 Å². The standard InChI is InChI=1S/C55H38N8/c1-35-56-36(2)58-54(57-35)42-27-29-44-43-25-15-16-26-50(43)63(52(44)32-42)51-30-28-41(49-34-46(37-17-7-3-8-18-37)59-53(60-49)40-23-13-6-14-24-40)31-45(51)55-61-47(38-19-9-4-10-20-38)33-48(62-55)39-21-11-5-12-22-39/h3-34H,1-2H3. The minimum absolute atomic E-state index is 0.582. The van der Waals surface area contributed by atoms with Crippen molar-refractivity contribution < 1.29 is 0 Å². The van der Waals surface area contributed by atoms with Gasteiger partial charge in [-0.3, -0.25) is 0 Å². The normalized spacial score (nSPS) is 11.3. The first-order valence-corrected chi connectivity index (χ1v) is 20.9. The Kier molecular flexibility index (Phi) is 9.43. The van der Waals surface area contributed by atoms with E-state index in [2.05, 4.69) is 119 Å². The number of hydrogen-bond donors (Lipinski definition) is 0. The van der Waals surface area contributed by atoms with Gasteiger partial charge < -0.3 is 4.57 Å². The van der Waals surface area contributed by atoms with E-state index in [0.717, 1.165) is 89.2 Å². The van der Waals surface area contributed by atoms with Crippen LogP contribution in [0.2, 0.25) is 0 Å². The minimum Gasteiger partial charge on any atom is -0.308 e. The molecule has 0 saturated carbocycles. The van der Waals surface area contributed by atoms with Crippen molar-refractivity contribution in [3.05, 3.63) is 206 Å². The van der Waals surface area contributed by atoms with E-state index < -0.39 is 0 Å². The molecule has 0 aliphatic rings. The molecule has 8 nitrogen and oxygen atoms in total. The summed E-state index contributed by atoms with van der Waals surface area (Å²) in [4.78, 5) is 35.1. The van der Waals surface area contributed by atoms with Gasteiger partial charge in [0.25, 0.3) is 0 Å². The molecule has 7 aromatic carbocycles. The van der Waals surface area contributed by atoms with E-state index in [-0.39, 0.29) is 0 Å². The summed E-state index contributed by atoms with van der Waals surface area (Å²) in [7, 11) is 0. The van der Waals surface area contributed by atoms with Gasteiger partial charge in [-0.2, -0.15) is 0 Å². The summed E-state index contributed by atoms with van der Waals surface area (Å²) in [6, 6.07) is 66.6. The maximum absolute atomic E-state index is 5.40. The van der Waals surface area contributed by atoms with Crippen molar-refractivity contribution >= 4 is 21.8 Å². The van der Waals surface area contributed by atoms with Gasteiger partial charge in [-0.05, 0) is 50.2 Å². The summed E-state index contributed by atoms with van der Waals surface area (Å²) in [5.74, 6) is 3.21. The smallest absolute Gasteiger partial charge is 0.163 e. The highest BCUT2D eigenvalue weighted by atomic mass is 15.0. The Morgan fingerprint density at radius 1 is 0.302 bits per heavy atom. The lowest BCUT2D eigenvalue weighted by Crippen LogP contribution is -2.03. The van der Waals surface area contributed by atoms with Crippen molar-refractivity contribution in [1.29, 1.82) is 0 Å². The molecule has 63 heavy (non-hydrogen) atoms. The van der Waals surface area contributed by atoms with Gasteiger partial charge in [0.05, 0.1) is 39.5 Å². The first kappa shape index (κ1) is 37.5. The zero-order chi connectivity index (χ0) is 42.3. The van der Waals surface area contributed by atoms with E-state index in [9.17, 15) is 0 Å². The summed E-state index contributed by atoms with van der Waals surface area (Å²) in [5.41, 5.74) is 12.8. The summed E-state index contributed by atoms with van der Waals surface area (Å²) in [5, 5.41) is 2.23. The van der Waals surface area contributed by atoms with Gasteiger partial charge in [-0.1, -0.05) is 158 Å². The molecular formula is C55H38N8. The Balaban J connectivity index is 1.21. The third-order valence-corrected chi connectivity index (χ3v) is 11.3. The molecule has 0 bridgehead atoms. The van der Waals surface area contributed by atoms with E-state index in [1.54, 1.807) is 0 Å². The zero-order valence-electron chi connectivity index (χ0n) is 34.6. The highest BCUT2D eigenvalue weighted by Crippen LogP contribution is 2.40. The first-order valence-electron chi connectivity index (χ1n) is 20.9. The van der Waals surface area contributed by atoms with Crippen LogP contribution in [0.5, 0.6) is 0 Å². The third-order valence-electron chi connectivity index (χ3n) is 11.3. The van der Waals surface area contributed by atoms with Crippen molar-refractivity contribution in [2.24, 2.45) is 0 Å². The van der Waals surface area contributed by atoms with Crippen molar-refractivity contribution in [3.8, 4) is 84.9 Å². The molecule has 0 fully saturated rings. The van der Waals surface area contributed by atoms with E-state index in [1.807, 2.05) is 98.8 Å². The Bertz CT molecular complexity index is 3320. The van der Waals surface area contributed by atoms with E-state index in [0.29, 0.717) is 29.1 Å². The fourth-order valence-corrected chi connectivity index (χ4v) is 8.33. The summed E-state index contributed by atoms with van der Waals surface area (Å²) in [6.45, 7) is 3.80. The van der Waals surface area contributed by atoms with Crippen molar-refractivity contribution in [2.75, 3.05) is 0 Å². The van der Waals surface area contributed by atoms with Crippen LogP contribution in [-0.4, -0.2) is 39.5 Å². The van der Waals surface area contributed by atoms with Gasteiger partial charge >= 0.3 is 0 Å². The highest BCUT2D eigenvalue weighted by molar-refractivity contribution is 6.10. The van der Waals surface area contributed by atoms with E-state index in [4.69, 9.17) is 29.9 Å². The molecule has 0 radical (unpaired) electrons. The number of rotatable bonds is 8. The van der Waals surface area contributed by atoms with Crippen LogP contribution in [0.4, 0.5) is 0 Å². The second-order valence-electron chi connectivity index (χ2n) is 15.5. The predicted molar refractivity (Wildman–Crippen MR) is 253 cm³/mol. The van der Waals surface area contributed by atoms with Gasteiger partial charge in [0, 0.05) is 49.7 Å². The lowest BCUT2D eigenvalue weighted by Gasteiger charge is -2.17. The number of nitrogens with zero attached hydrogens (tertiary/aromatic N) is 8. The SMILES string of the molecule is Cc1nc(C)nc(-c2ccc3c4ccccc4n(-c4ccc(-c5cc(-c6ccccc6)nc(-c6ccccc6)n5)cc4-c4nc(-c5ccccc5)cc(-c5ccccc5)n4)c3c2)n1. The van der Waals surface area contributed by atoms with E-state index in [1.165, 1.54) is 0 Å². The molecule has 0 unspecified atom stereocenters. The van der Waals surface area contributed by atoms with Crippen LogP contribution in [0.3, 0.4) is 0 Å². The second-order valence-corrected chi connectivity index (χ2v) is 15.5. The number of hydrogen-bond acceptors (Lipinski definition) is 7. The minimum atomic E-state index is 0.582. The van der Waals surface area contributed by atoms with Crippen LogP contribution in [0.15, 0.2) is 194 Å². The highest BCUT2D eigenvalue weighted by Gasteiger charge is 2.22. The lowest BCUT2D eigenvalue weighted by atomic mass is 10.0. The fourth-order valence-electron chi connectivity index (χ4n) is 8.33. The van der Waals surface area contributed by atoms with Crippen LogP contribution >= 0.6 is 0 Å². The van der Waals surface area contributed by atoms with Crippen LogP contribution in [0, 0.1) is 13.8 Å². The van der Waals surface area contributed by atoms with Crippen molar-refractivity contribution in [3.63, 3.8) is 0 Å². The van der Waals surface area contributed by atoms with Crippen molar-refractivity contribution in [1.82, 2.24) is 39.5 Å². The molecule has 0 N–H and O–H groups in total. The van der Waals surface area contributed by atoms with Gasteiger partial charge in [0.1, 0.15) is 11.6 Å². The number of para-hydroxylation sites is 1. The largest absolute Gasteiger partial charge is 0.308 e. The fraction of sp³-hybridized carbons (Fsp3) is 0.0364. The predicted octanol–water partition coefficient (Wildman–Crippen LogP) is 12.8. The molecule has 0 aliphatic heterocycles. The maximum Gasteiger partial charge on any atom is 0.163 e. The first-order chi connectivity index (χ1) is 31.0. The Morgan fingerprint density at radius 3 is 1.32 bits per heavy atom. The second kappa shape index (κ2) is 15.8. The molecule has 8 heteroatoms. The Morgan fingerprint density at radius 2 is 0.746 bits per heavy atom. The summed E-state index contributed by atoms with van der Waals surface area (Å²) < 4.78 is 2.32.